The van der Waals surface area contributed by atoms with E-state index in [-0.39, 0.29) is 0 Å². The van der Waals surface area contributed by atoms with Crippen LogP contribution in [0.2, 0.25) is 0 Å². The molecule has 1 heterocycles. The molecule has 0 saturated heterocycles. The Bertz CT molecular complexity index is 108. The number of hydrogen-bond acceptors (Lipinski definition) is 0. The molecule has 6 heavy (non-hydrogen) atoms. The third kappa shape index (κ3) is 0.859. The van der Waals surface area contributed by atoms with E-state index in [9.17, 15) is 0 Å². The van der Waals surface area contributed by atoms with Gasteiger partial charge in [-0.15, -0.1) is 0 Å². The summed E-state index contributed by atoms with van der Waals surface area (Å²) in [5.74, 6) is 0. The lowest BCUT2D eigenvalue weighted by Gasteiger charge is -1.67. The quantitative estimate of drug-likeness (QED) is 0.335. The maximum atomic E-state index is 3.46. The molecule has 0 bridgehead atoms. The predicted molar refractivity (Wildman–Crippen MR) is 34.4 cm³/mol. The van der Waals surface area contributed by atoms with Crippen LogP contribution in [0.1, 0.15) is 0 Å². The molecule has 0 nitrogen and oxygen atoms in total. The number of rotatable bonds is 0. The van der Waals surface area contributed by atoms with E-state index in [0.29, 0.717) is 0 Å². The van der Waals surface area contributed by atoms with E-state index in [1.54, 1.807) is 0 Å². The van der Waals surface area contributed by atoms with Crippen molar-refractivity contribution in [3.8, 4) is 0 Å². The summed E-state index contributed by atoms with van der Waals surface area (Å²) in [4.78, 5) is 0. The first-order chi connectivity index (χ1) is 2.89. The van der Waals surface area contributed by atoms with Gasteiger partial charge in [0.05, 0.1) is 0 Å². The average Bonchev–Trinajstić information content (AvgIpc) is 1.86. The van der Waals surface area contributed by atoms with Gasteiger partial charge in [-0.25, -0.2) is 0 Å². The minimum absolute atomic E-state index is 0.944. The molecule has 0 atom stereocenters. The lowest BCUT2D eigenvalue weighted by Crippen LogP contribution is -1.99. The van der Waals surface area contributed by atoms with Crippen molar-refractivity contribution in [2.24, 2.45) is 0 Å². The van der Waals surface area contributed by atoms with E-state index in [0.717, 1.165) is 18.3 Å². The Morgan fingerprint density at radius 1 is 1.33 bits per heavy atom. The van der Waals surface area contributed by atoms with Gasteiger partial charge in [0.25, 0.3) is 0 Å². The highest BCUT2D eigenvalue weighted by atomic mass is 28.3. The summed E-state index contributed by atoms with van der Waals surface area (Å²) in [5.41, 5.74) is 4.42. The normalized spacial score (nSPS) is 17.0. The molecular weight excluding hydrogens is 120 g/mol. The SMILES string of the molecule is [Si]=C1[Si]=CC=[Si]1. The fourth-order valence-electron chi connectivity index (χ4n) is 0.292. The summed E-state index contributed by atoms with van der Waals surface area (Å²) in [7, 11) is 5.35. The van der Waals surface area contributed by atoms with Crippen molar-refractivity contribution < 1.29 is 0 Å². The van der Waals surface area contributed by atoms with Crippen LogP contribution in [0.3, 0.4) is 0 Å². The van der Waals surface area contributed by atoms with Crippen LogP contribution in [0, 0.1) is 0 Å². The third-order valence-corrected chi connectivity index (χ3v) is 3.85. The van der Waals surface area contributed by atoms with Gasteiger partial charge in [-0.2, -0.15) is 0 Å². The molecule has 0 N–H and O–H groups in total. The van der Waals surface area contributed by atoms with Crippen molar-refractivity contribution in [3.63, 3.8) is 0 Å². The maximum Gasteiger partial charge on any atom is 0.0481 e. The molecule has 1 aliphatic heterocycles. The largest absolute Gasteiger partial charge is 0.0817 e. The number of hydrogen-bond donors (Lipinski definition) is 0. The molecular formula is C3H2Si3. The zero-order chi connectivity index (χ0) is 4.41. The molecule has 0 spiro atoms. The van der Waals surface area contributed by atoms with Crippen molar-refractivity contribution in [1.82, 2.24) is 0 Å². The lowest BCUT2D eigenvalue weighted by atomic mass is 11.0. The van der Waals surface area contributed by atoms with E-state index in [2.05, 4.69) is 21.2 Å². The van der Waals surface area contributed by atoms with Gasteiger partial charge in [-0.1, -0.05) is 15.8 Å². The van der Waals surface area contributed by atoms with Gasteiger partial charge < -0.3 is 0 Å². The van der Waals surface area contributed by atoms with Gasteiger partial charge in [0.15, 0.2) is 0 Å². The van der Waals surface area contributed by atoms with Crippen molar-refractivity contribution in [2.75, 3.05) is 0 Å². The highest BCUT2D eigenvalue weighted by Crippen LogP contribution is 1.53. The van der Waals surface area contributed by atoms with Gasteiger partial charge in [0, 0.05) is 28.1 Å². The highest BCUT2D eigenvalue weighted by molar-refractivity contribution is 7.23. The van der Waals surface area contributed by atoms with Gasteiger partial charge in [0.2, 0.25) is 0 Å². The molecule has 26 valence electrons. The van der Waals surface area contributed by atoms with E-state index < -0.39 is 0 Å². The zero-order valence-electron chi connectivity index (χ0n) is 3.15. The topological polar surface area (TPSA) is 0 Å². The van der Waals surface area contributed by atoms with Crippen LogP contribution in [0.25, 0.3) is 0 Å². The standard InChI is InChI=1S/C3H2Si3/c4-3-5-1-2-6-3/h1-2H. The predicted octanol–water partition coefficient (Wildman–Crippen LogP) is -1.73. The second-order valence-corrected chi connectivity index (χ2v) is 5.24. The molecule has 4 radical (unpaired) electrons. The Labute approximate surface area is 44.5 Å². The van der Waals surface area contributed by atoms with Crippen molar-refractivity contribution in [2.45, 2.75) is 0 Å². The molecule has 1 rings (SSSR count). The van der Waals surface area contributed by atoms with E-state index >= 15 is 0 Å². The molecule has 1 aliphatic rings. The van der Waals surface area contributed by atoms with E-state index in [4.69, 9.17) is 0 Å². The molecule has 3 heteroatoms. The monoisotopic (exact) mass is 122 g/mol. The molecule has 0 amide bonds. The van der Waals surface area contributed by atoms with Crippen LogP contribution >= 0.6 is 0 Å². The summed E-state index contributed by atoms with van der Waals surface area (Å²) < 4.78 is 1.45. The first-order valence-corrected chi connectivity index (χ1v) is 4.32. The molecule has 0 aromatic rings. The fraction of sp³-hybridized carbons (Fsp3) is 0. The highest BCUT2D eigenvalue weighted by Gasteiger charge is 1.83. The smallest absolute Gasteiger partial charge is 0.0481 e. The minimum Gasteiger partial charge on any atom is -0.0817 e. The van der Waals surface area contributed by atoms with Crippen LogP contribution in [0.4, 0.5) is 0 Å². The Balaban J connectivity index is 2.86. The van der Waals surface area contributed by atoms with Crippen LogP contribution in [0.15, 0.2) is 0 Å². The summed E-state index contributed by atoms with van der Waals surface area (Å²) in [6.07, 6.45) is 0. The summed E-state index contributed by atoms with van der Waals surface area (Å²) in [5, 5.41) is 0. The van der Waals surface area contributed by atoms with Crippen LogP contribution < -0.4 is 0 Å². The maximum absolute atomic E-state index is 3.46. The molecule has 0 fully saturated rings. The first kappa shape index (κ1) is 4.42. The van der Waals surface area contributed by atoms with Crippen LogP contribution in [0.5, 0.6) is 0 Å². The Hall–Kier alpha value is 0.261. The molecule has 0 aromatic heterocycles. The fourth-order valence-corrected chi connectivity index (χ4v) is 2.63. The lowest BCUT2D eigenvalue weighted by molar-refractivity contribution is 3.69. The summed E-state index contributed by atoms with van der Waals surface area (Å²) in [6.45, 7) is 0. The third-order valence-electron chi connectivity index (χ3n) is 0.539. The van der Waals surface area contributed by atoms with Crippen LogP contribution in [-0.2, 0) is 0 Å². The van der Waals surface area contributed by atoms with Crippen LogP contribution in [-0.4, -0.2) is 43.9 Å². The van der Waals surface area contributed by atoms with Crippen molar-refractivity contribution in [1.29, 1.82) is 0 Å². The summed E-state index contributed by atoms with van der Waals surface area (Å²) >= 11 is 0. The minimum atomic E-state index is 0.944. The average molecular weight is 122 g/mol. The summed E-state index contributed by atoms with van der Waals surface area (Å²) in [6, 6.07) is 0. The second kappa shape index (κ2) is 1.81. The molecule has 0 aliphatic carbocycles. The second-order valence-electron chi connectivity index (χ2n) is 0.997. The van der Waals surface area contributed by atoms with Crippen molar-refractivity contribution in [3.05, 3.63) is 0 Å². The molecule has 0 saturated carbocycles. The Morgan fingerprint density at radius 2 is 1.83 bits per heavy atom. The molecule has 0 unspecified atom stereocenters. The Morgan fingerprint density at radius 3 is 2.00 bits per heavy atom. The van der Waals surface area contributed by atoms with Gasteiger partial charge in [-0.05, 0) is 0 Å². The zero-order valence-corrected chi connectivity index (χ0v) is 6.15. The van der Waals surface area contributed by atoms with Gasteiger partial charge >= 0.3 is 0 Å². The van der Waals surface area contributed by atoms with E-state index in [1.807, 2.05) is 0 Å². The van der Waals surface area contributed by atoms with E-state index in [1.165, 1.54) is 4.42 Å². The Kier molecular flexibility index (Phi) is 1.33. The first-order valence-electron chi connectivity index (χ1n) is 1.66. The van der Waals surface area contributed by atoms with Gasteiger partial charge in [0.1, 0.15) is 0 Å². The van der Waals surface area contributed by atoms with Crippen molar-refractivity contribution >= 4 is 43.9 Å². The molecule has 0 aromatic carbocycles. The van der Waals surface area contributed by atoms with Gasteiger partial charge in [-0.3, -0.25) is 0 Å².